The van der Waals surface area contributed by atoms with Gasteiger partial charge in [-0.2, -0.15) is 0 Å². The predicted molar refractivity (Wildman–Crippen MR) is 131 cm³/mol. The first kappa shape index (κ1) is 21.6. The topological polar surface area (TPSA) is 45.2 Å². The van der Waals surface area contributed by atoms with E-state index in [0.29, 0.717) is 12.5 Å². The fourth-order valence-corrected chi connectivity index (χ4v) is 5.38. The molecule has 0 bridgehead atoms. The van der Waals surface area contributed by atoms with Crippen LogP contribution in [0.25, 0.3) is 11.3 Å². The SMILES string of the molecule is CCN(C(=O)Nc1cc(C)cc(C)c1)c1nc(-c2ccc(C3CCCCC3)cc2)cs1. The number of benzene rings is 2. The zero-order valence-electron chi connectivity index (χ0n) is 18.6. The van der Waals surface area contributed by atoms with Gasteiger partial charge in [0.2, 0.25) is 0 Å². The summed E-state index contributed by atoms with van der Waals surface area (Å²) >= 11 is 1.51. The summed E-state index contributed by atoms with van der Waals surface area (Å²) in [4.78, 5) is 19.4. The normalized spacial score (nSPS) is 14.4. The Hall–Kier alpha value is -2.66. The molecule has 3 aromatic rings. The lowest BCUT2D eigenvalue weighted by molar-refractivity contribution is 0.257. The van der Waals surface area contributed by atoms with E-state index < -0.39 is 0 Å². The molecule has 2 aromatic carbocycles. The van der Waals surface area contributed by atoms with Crippen LogP contribution < -0.4 is 10.2 Å². The maximum Gasteiger partial charge on any atom is 0.328 e. The minimum Gasteiger partial charge on any atom is -0.307 e. The molecule has 0 radical (unpaired) electrons. The van der Waals surface area contributed by atoms with E-state index in [1.807, 2.05) is 38.3 Å². The number of nitrogens with zero attached hydrogens (tertiary/aromatic N) is 2. The number of carbonyl (C=O) groups excluding carboxylic acids is 1. The number of anilines is 2. The molecule has 1 aromatic heterocycles. The average Bonchev–Trinajstić information content (AvgIpc) is 3.24. The maximum absolute atomic E-state index is 12.9. The molecule has 0 saturated heterocycles. The molecule has 0 unspecified atom stereocenters. The summed E-state index contributed by atoms with van der Waals surface area (Å²) in [6, 6.07) is 14.8. The highest BCUT2D eigenvalue weighted by molar-refractivity contribution is 7.14. The van der Waals surface area contributed by atoms with Crippen molar-refractivity contribution in [2.45, 2.75) is 58.8 Å². The summed E-state index contributed by atoms with van der Waals surface area (Å²) < 4.78 is 0. The Morgan fingerprint density at radius 1 is 1.06 bits per heavy atom. The van der Waals surface area contributed by atoms with E-state index in [-0.39, 0.29) is 6.03 Å². The Kier molecular flexibility index (Phi) is 6.71. The second-order valence-electron chi connectivity index (χ2n) is 8.52. The van der Waals surface area contributed by atoms with Crippen molar-refractivity contribution in [2.75, 3.05) is 16.8 Å². The standard InChI is InChI=1S/C26H31N3OS/c1-4-29(25(30)27-23-15-18(2)14-19(3)16-23)26-28-24(17-31-26)22-12-10-21(11-13-22)20-8-6-5-7-9-20/h10-17,20H,4-9H2,1-3H3,(H,27,30). The maximum atomic E-state index is 12.9. The summed E-state index contributed by atoms with van der Waals surface area (Å²) in [5.41, 5.74) is 6.55. The number of aromatic nitrogens is 1. The van der Waals surface area contributed by atoms with Crippen LogP contribution in [0.1, 0.15) is 61.6 Å². The number of urea groups is 1. The van der Waals surface area contributed by atoms with Crippen LogP contribution in [0.4, 0.5) is 15.6 Å². The van der Waals surface area contributed by atoms with Gasteiger partial charge in [0.1, 0.15) is 0 Å². The van der Waals surface area contributed by atoms with E-state index in [4.69, 9.17) is 4.98 Å². The number of hydrogen-bond acceptors (Lipinski definition) is 3. The third kappa shape index (κ3) is 5.16. The number of nitrogens with one attached hydrogen (secondary N) is 1. The lowest BCUT2D eigenvalue weighted by atomic mass is 9.84. The molecule has 31 heavy (non-hydrogen) atoms. The van der Waals surface area contributed by atoms with E-state index >= 15 is 0 Å². The first-order chi connectivity index (χ1) is 15.0. The molecule has 1 saturated carbocycles. The van der Waals surface area contributed by atoms with Gasteiger partial charge in [0.15, 0.2) is 5.13 Å². The summed E-state index contributed by atoms with van der Waals surface area (Å²) in [7, 11) is 0. The van der Waals surface area contributed by atoms with Gasteiger partial charge in [-0.05, 0) is 68.4 Å². The Morgan fingerprint density at radius 2 is 1.74 bits per heavy atom. The minimum atomic E-state index is -0.152. The van der Waals surface area contributed by atoms with E-state index in [1.165, 1.54) is 49.0 Å². The number of amides is 2. The van der Waals surface area contributed by atoms with Gasteiger partial charge < -0.3 is 5.32 Å². The Bertz CT molecular complexity index is 1010. The lowest BCUT2D eigenvalue weighted by Crippen LogP contribution is -2.34. The van der Waals surface area contributed by atoms with Gasteiger partial charge in [-0.3, -0.25) is 4.90 Å². The van der Waals surface area contributed by atoms with Gasteiger partial charge in [0.05, 0.1) is 5.69 Å². The van der Waals surface area contributed by atoms with Gasteiger partial charge in [-0.25, -0.2) is 9.78 Å². The van der Waals surface area contributed by atoms with Crippen molar-refractivity contribution in [3.8, 4) is 11.3 Å². The molecular formula is C26H31N3OS. The largest absolute Gasteiger partial charge is 0.328 e. The van der Waals surface area contributed by atoms with Crippen LogP contribution in [-0.4, -0.2) is 17.6 Å². The van der Waals surface area contributed by atoms with E-state index in [1.54, 1.807) is 4.90 Å². The van der Waals surface area contributed by atoms with Crippen molar-refractivity contribution in [2.24, 2.45) is 0 Å². The van der Waals surface area contributed by atoms with Crippen molar-refractivity contribution >= 4 is 28.2 Å². The van der Waals surface area contributed by atoms with Crippen molar-refractivity contribution in [1.29, 1.82) is 0 Å². The highest BCUT2D eigenvalue weighted by atomic mass is 32.1. The molecule has 0 spiro atoms. The Balaban J connectivity index is 1.47. The van der Waals surface area contributed by atoms with E-state index in [9.17, 15) is 4.79 Å². The highest BCUT2D eigenvalue weighted by Gasteiger charge is 2.19. The van der Waals surface area contributed by atoms with Crippen molar-refractivity contribution < 1.29 is 4.79 Å². The molecule has 1 N–H and O–H groups in total. The van der Waals surface area contributed by atoms with Gasteiger partial charge in [-0.15, -0.1) is 11.3 Å². The van der Waals surface area contributed by atoms with E-state index in [2.05, 4.69) is 35.6 Å². The van der Waals surface area contributed by atoms with Crippen LogP contribution in [0.2, 0.25) is 0 Å². The zero-order valence-corrected chi connectivity index (χ0v) is 19.5. The van der Waals surface area contributed by atoms with Crippen LogP contribution >= 0.6 is 11.3 Å². The molecule has 4 nitrogen and oxygen atoms in total. The predicted octanol–water partition coefficient (Wildman–Crippen LogP) is 7.53. The summed E-state index contributed by atoms with van der Waals surface area (Å²) in [6.07, 6.45) is 6.68. The first-order valence-corrected chi connectivity index (χ1v) is 12.1. The monoisotopic (exact) mass is 433 g/mol. The molecule has 1 aliphatic carbocycles. The number of aryl methyl sites for hydroxylation is 2. The van der Waals surface area contributed by atoms with Gasteiger partial charge in [0, 0.05) is 23.2 Å². The number of rotatable bonds is 5. The third-order valence-corrected chi connectivity index (χ3v) is 6.90. The first-order valence-electron chi connectivity index (χ1n) is 11.3. The Morgan fingerprint density at radius 3 is 2.39 bits per heavy atom. The van der Waals surface area contributed by atoms with Crippen LogP contribution in [0.15, 0.2) is 47.8 Å². The van der Waals surface area contributed by atoms with Crippen LogP contribution in [0.5, 0.6) is 0 Å². The second-order valence-corrected chi connectivity index (χ2v) is 9.36. The molecule has 5 heteroatoms. The molecular weight excluding hydrogens is 402 g/mol. The fraction of sp³-hybridized carbons (Fsp3) is 0.385. The summed E-state index contributed by atoms with van der Waals surface area (Å²) in [5, 5.41) is 5.78. The molecule has 0 atom stereocenters. The summed E-state index contributed by atoms with van der Waals surface area (Å²) in [5.74, 6) is 0.707. The molecule has 4 rings (SSSR count). The smallest absolute Gasteiger partial charge is 0.307 e. The van der Waals surface area contributed by atoms with Crippen molar-refractivity contribution in [3.05, 3.63) is 64.5 Å². The van der Waals surface area contributed by atoms with Crippen LogP contribution in [-0.2, 0) is 0 Å². The molecule has 2 amide bonds. The van der Waals surface area contributed by atoms with Gasteiger partial charge in [0.25, 0.3) is 0 Å². The fourth-order valence-electron chi connectivity index (χ4n) is 4.49. The van der Waals surface area contributed by atoms with Gasteiger partial charge in [-0.1, -0.05) is 49.6 Å². The number of hydrogen-bond donors (Lipinski definition) is 1. The van der Waals surface area contributed by atoms with Crippen LogP contribution in [0.3, 0.4) is 0 Å². The third-order valence-electron chi connectivity index (χ3n) is 6.04. The average molecular weight is 434 g/mol. The Labute approximate surface area is 189 Å². The van der Waals surface area contributed by atoms with Gasteiger partial charge >= 0.3 is 6.03 Å². The van der Waals surface area contributed by atoms with E-state index in [0.717, 1.165) is 33.2 Å². The molecule has 1 fully saturated rings. The molecule has 162 valence electrons. The molecule has 1 aliphatic rings. The zero-order chi connectivity index (χ0) is 21.8. The summed E-state index contributed by atoms with van der Waals surface area (Å²) in [6.45, 7) is 6.60. The van der Waals surface area contributed by atoms with Crippen molar-refractivity contribution in [3.63, 3.8) is 0 Å². The quantitative estimate of drug-likeness (QED) is 0.452. The number of thiazole rings is 1. The highest BCUT2D eigenvalue weighted by Crippen LogP contribution is 2.34. The molecule has 0 aliphatic heterocycles. The lowest BCUT2D eigenvalue weighted by Gasteiger charge is -2.22. The minimum absolute atomic E-state index is 0.152. The molecule has 1 heterocycles. The van der Waals surface area contributed by atoms with Crippen LogP contribution in [0, 0.1) is 13.8 Å². The second kappa shape index (κ2) is 9.65. The number of carbonyl (C=O) groups is 1. The van der Waals surface area contributed by atoms with Crippen molar-refractivity contribution in [1.82, 2.24) is 4.98 Å².